The van der Waals surface area contributed by atoms with Crippen LogP contribution in [0.2, 0.25) is 0 Å². The van der Waals surface area contributed by atoms with Crippen LogP contribution in [0.5, 0.6) is 11.5 Å². The predicted molar refractivity (Wildman–Crippen MR) is 183 cm³/mol. The summed E-state index contributed by atoms with van der Waals surface area (Å²) in [4.78, 5) is 0. The quantitative estimate of drug-likeness (QED) is 0.207. The Hall–Kier alpha value is -2.54. The molecule has 0 unspecified atom stereocenters. The summed E-state index contributed by atoms with van der Waals surface area (Å²) in [6.45, 7) is 27.0. The van der Waals surface area contributed by atoms with Crippen molar-refractivity contribution in [2.24, 2.45) is 21.7 Å². The van der Waals surface area contributed by atoms with Crippen LogP contribution in [-0.4, -0.2) is 10.2 Å². The van der Waals surface area contributed by atoms with E-state index in [2.05, 4.69) is 107 Å². The van der Waals surface area contributed by atoms with Crippen molar-refractivity contribution in [1.82, 2.24) is 0 Å². The summed E-state index contributed by atoms with van der Waals surface area (Å²) in [7, 11) is 0. The molecule has 2 aromatic carbocycles. The van der Waals surface area contributed by atoms with Gasteiger partial charge in [0.05, 0.1) is 11.1 Å². The molecule has 0 aromatic heterocycles. The molecule has 49 heavy (non-hydrogen) atoms. The van der Waals surface area contributed by atoms with E-state index in [1.54, 1.807) is 0 Å². The first-order chi connectivity index (χ1) is 21.4. The second-order valence-corrected chi connectivity index (χ2v) is 15.9. The summed E-state index contributed by atoms with van der Waals surface area (Å²) in [5.74, 6) is -0.750. The molecule has 2 N–H and O–H groups in total. The fraction of sp³-hybridized carbons (Fsp3) is 0.500. The van der Waals surface area contributed by atoms with Gasteiger partial charge in [0.25, 0.3) is 0 Å². The Kier molecular flexibility index (Phi) is 16.7. The topological polar surface area (TPSA) is 40.5 Å². The summed E-state index contributed by atoms with van der Waals surface area (Å²) in [5.41, 5.74) is 5.03. The van der Waals surface area contributed by atoms with Gasteiger partial charge in [0.1, 0.15) is 11.5 Å². The molecule has 0 fully saturated rings. The number of phenols is 2. The normalized spacial score (nSPS) is 15.1. The Labute approximate surface area is 309 Å². The van der Waals surface area contributed by atoms with Gasteiger partial charge in [-0.15, -0.1) is 0 Å². The first-order valence-corrected chi connectivity index (χ1v) is 15.8. The molecule has 0 heterocycles. The predicted octanol–water partition coefficient (Wildman–Crippen LogP) is 13.1. The molecule has 0 amide bonds. The van der Waals surface area contributed by atoms with Crippen molar-refractivity contribution in [3.05, 3.63) is 106 Å². The Morgan fingerprint density at radius 3 is 0.918 bits per heavy atom. The maximum Gasteiger partial charge on any atom is 2.00 e. The van der Waals surface area contributed by atoms with Crippen molar-refractivity contribution in [3.63, 3.8) is 0 Å². The molecule has 2 aliphatic carbocycles. The fourth-order valence-corrected chi connectivity index (χ4v) is 4.28. The van der Waals surface area contributed by atoms with Crippen molar-refractivity contribution in [3.8, 4) is 11.5 Å². The standard InChI is InChI=1S/2C13H21.2C7H5F3O.Zr/c2*1-12(2,3)10-7-8-11(9-10)13(4,5)6;2*8-7(9,10)5-2-1-3-6(11)4-5;/h2*7H,8H2,1-6H3;2*1-4,11H;/q2*-1;;;+2. The average molecular weight is 770 g/mol. The van der Waals surface area contributed by atoms with Crippen LogP contribution < -0.4 is 0 Å². The average Bonchev–Trinajstić information content (AvgIpc) is 3.60. The van der Waals surface area contributed by atoms with Crippen LogP contribution in [0.25, 0.3) is 0 Å². The van der Waals surface area contributed by atoms with Crippen molar-refractivity contribution < 1.29 is 62.8 Å². The van der Waals surface area contributed by atoms with Gasteiger partial charge in [0.15, 0.2) is 0 Å². The summed E-state index contributed by atoms with van der Waals surface area (Å²) in [5, 5.41) is 17.4. The van der Waals surface area contributed by atoms with E-state index < -0.39 is 23.5 Å². The summed E-state index contributed by atoms with van der Waals surface area (Å²) in [6, 6.07) is 7.85. The molecule has 4 rings (SSSR count). The van der Waals surface area contributed by atoms with Gasteiger partial charge in [-0.2, -0.15) is 37.5 Å². The monoisotopic (exact) mass is 768 g/mol. The molecule has 0 atom stereocenters. The van der Waals surface area contributed by atoms with E-state index in [0.717, 1.165) is 37.1 Å². The van der Waals surface area contributed by atoms with E-state index >= 15 is 0 Å². The molecule has 2 aliphatic rings. The van der Waals surface area contributed by atoms with Crippen molar-refractivity contribution in [2.75, 3.05) is 0 Å². The van der Waals surface area contributed by atoms with E-state index in [0.29, 0.717) is 12.1 Å². The van der Waals surface area contributed by atoms with Crippen LogP contribution in [0.15, 0.2) is 83.0 Å². The van der Waals surface area contributed by atoms with Crippen LogP contribution in [0.4, 0.5) is 26.3 Å². The Bertz CT molecular complexity index is 1370. The van der Waals surface area contributed by atoms with Crippen molar-refractivity contribution in [1.29, 1.82) is 0 Å². The zero-order valence-corrected chi connectivity index (χ0v) is 33.3. The number of allylic oxidation sites excluding steroid dienone is 8. The minimum atomic E-state index is -4.38. The Balaban J connectivity index is 0.000000625. The van der Waals surface area contributed by atoms with Crippen LogP contribution in [0, 0.1) is 33.8 Å². The molecule has 0 radical (unpaired) electrons. The zero-order valence-electron chi connectivity index (χ0n) is 30.8. The van der Waals surface area contributed by atoms with E-state index in [9.17, 15) is 26.3 Å². The molecular weight excluding hydrogens is 718 g/mol. The number of aromatic hydroxyl groups is 2. The van der Waals surface area contributed by atoms with Crippen LogP contribution in [0.3, 0.4) is 0 Å². The number of halogens is 6. The number of hydrogen-bond donors (Lipinski definition) is 2. The second kappa shape index (κ2) is 17.6. The summed E-state index contributed by atoms with van der Waals surface area (Å²) < 4.78 is 71.1. The molecule has 2 aromatic rings. The van der Waals surface area contributed by atoms with Gasteiger partial charge < -0.3 is 10.2 Å². The molecule has 0 spiro atoms. The molecule has 2 nitrogen and oxygen atoms in total. The first-order valence-electron chi connectivity index (χ1n) is 15.8. The largest absolute Gasteiger partial charge is 2.00 e. The van der Waals surface area contributed by atoms with Crippen LogP contribution in [0.1, 0.15) is 107 Å². The van der Waals surface area contributed by atoms with Crippen molar-refractivity contribution >= 4 is 0 Å². The molecule has 0 aliphatic heterocycles. The smallest absolute Gasteiger partial charge is 0.508 e. The third-order valence-corrected chi connectivity index (χ3v) is 7.37. The zero-order chi connectivity index (χ0) is 37.5. The van der Waals surface area contributed by atoms with Gasteiger partial charge in [0.2, 0.25) is 0 Å². The number of hydrogen-bond acceptors (Lipinski definition) is 2. The van der Waals surface area contributed by atoms with Gasteiger partial charge in [-0.05, 0) is 58.1 Å². The van der Waals surface area contributed by atoms with Gasteiger partial charge in [-0.25, -0.2) is 35.5 Å². The maximum atomic E-state index is 11.9. The van der Waals surface area contributed by atoms with Gasteiger partial charge >= 0.3 is 38.6 Å². The minimum absolute atomic E-state index is 0. The maximum absolute atomic E-state index is 11.9. The fourth-order valence-electron chi connectivity index (χ4n) is 4.28. The minimum Gasteiger partial charge on any atom is -0.508 e. The van der Waals surface area contributed by atoms with Gasteiger partial charge in [0, 0.05) is 0 Å². The molecule has 9 heteroatoms. The summed E-state index contributed by atoms with van der Waals surface area (Å²) >= 11 is 0. The van der Waals surface area contributed by atoms with E-state index in [-0.39, 0.29) is 59.4 Å². The van der Waals surface area contributed by atoms with Crippen molar-refractivity contribution in [2.45, 2.75) is 108 Å². The van der Waals surface area contributed by atoms with Crippen LogP contribution in [-0.2, 0) is 38.6 Å². The van der Waals surface area contributed by atoms with Crippen LogP contribution >= 0.6 is 0 Å². The molecule has 0 bridgehead atoms. The summed E-state index contributed by atoms with van der Waals surface area (Å²) in [6.07, 6.45) is 5.17. The van der Waals surface area contributed by atoms with Gasteiger partial charge in [-0.1, -0.05) is 108 Å². The third-order valence-electron chi connectivity index (χ3n) is 7.37. The molecular formula is C40H52F6O2Zr. The molecule has 270 valence electrons. The number of alkyl halides is 6. The van der Waals surface area contributed by atoms with E-state index in [4.69, 9.17) is 10.2 Å². The number of benzene rings is 2. The van der Waals surface area contributed by atoms with E-state index in [1.807, 2.05) is 0 Å². The Morgan fingerprint density at radius 2 is 0.776 bits per heavy atom. The van der Waals surface area contributed by atoms with Gasteiger partial charge in [-0.3, -0.25) is 0 Å². The second-order valence-electron chi connectivity index (χ2n) is 15.9. The molecule has 0 saturated heterocycles. The van der Waals surface area contributed by atoms with E-state index in [1.165, 1.54) is 34.4 Å². The number of phenolic OH excluding ortho intramolecular Hbond substituents is 2. The third kappa shape index (κ3) is 16.8. The first kappa shape index (κ1) is 46.5. The SMILES string of the molecule is CC(C)(C)C1=[C-]C(C(C)(C)C)=CC1.CC(C)(C)C1=[C-]C(C(C)(C)C)=CC1.Oc1cccc(C(F)(F)F)c1.Oc1cccc(C(F)(F)F)c1.[Zr+2]. The Morgan fingerprint density at radius 1 is 0.490 bits per heavy atom. The number of rotatable bonds is 0. The molecule has 0 saturated carbocycles.